The number of hydrogen-bond donors (Lipinski definition) is 3. The average molecular weight is 538 g/mol. The minimum Gasteiger partial charge on any atom is -0.389 e. The first-order valence-corrected chi connectivity index (χ1v) is 14.6. The molecule has 0 aliphatic carbocycles. The van der Waals surface area contributed by atoms with E-state index in [0.717, 1.165) is 72.2 Å². The molecule has 1 unspecified atom stereocenters. The highest BCUT2D eigenvalue weighted by Gasteiger charge is 2.27. The Morgan fingerprint density at radius 1 is 1.19 bits per heavy atom. The van der Waals surface area contributed by atoms with Crippen molar-refractivity contribution >= 4 is 45.0 Å². The lowest BCUT2D eigenvalue weighted by Gasteiger charge is -2.33. The maximum Gasteiger partial charge on any atom is 0.225 e. The van der Waals surface area contributed by atoms with Gasteiger partial charge in [0.25, 0.3) is 0 Å². The molecule has 0 radical (unpaired) electrons. The molecule has 7 nitrogen and oxygen atoms in total. The third-order valence-corrected chi connectivity index (χ3v) is 9.37. The van der Waals surface area contributed by atoms with Gasteiger partial charge in [0.1, 0.15) is 4.99 Å². The molecule has 3 aromatic rings. The Balaban J connectivity index is 1.47. The zero-order valence-corrected chi connectivity index (χ0v) is 23.0. The van der Waals surface area contributed by atoms with Gasteiger partial charge in [-0.2, -0.15) is 0 Å². The molecule has 1 aromatic heterocycles. The van der Waals surface area contributed by atoms with Gasteiger partial charge in [-0.3, -0.25) is 4.79 Å². The van der Waals surface area contributed by atoms with Crippen molar-refractivity contribution in [3.8, 4) is 11.1 Å². The van der Waals surface area contributed by atoms with Gasteiger partial charge in [-0.1, -0.05) is 42.5 Å². The van der Waals surface area contributed by atoms with Crippen molar-refractivity contribution in [3.05, 3.63) is 59.8 Å². The molecule has 4 N–H and O–H groups in total. The number of aromatic nitrogens is 1. The van der Waals surface area contributed by atoms with Crippen LogP contribution in [0.1, 0.15) is 43.9 Å². The Morgan fingerprint density at radius 2 is 1.95 bits per heavy atom. The molecular formula is C28H35N5O2S2. The fraction of sp³-hybridized carbons (Fsp3) is 0.429. The Bertz CT molecular complexity index is 1340. The molecule has 0 bridgehead atoms. The molecule has 196 valence electrons. The molecule has 1 amide bonds. The summed E-state index contributed by atoms with van der Waals surface area (Å²) in [7, 11) is -0.944. The highest BCUT2D eigenvalue weighted by atomic mass is 32.2. The molecule has 0 saturated carbocycles. The van der Waals surface area contributed by atoms with Crippen LogP contribution >= 0.6 is 12.2 Å². The van der Waals surface area contributed by atoms with E-state index in [9.17, 15) is 9.00 Å². The van der Waals surface area contributed by atoms with E-state index in [2.05, 4.69) is 56.0 Å². The van der Waals surface area contributed by atoms with Crippen molar-refractivity contribution in [2.24, 2.45) is 11.7 Å². The van der Waals surface area contributed by atoms with Crippen LogP contribution < -0.4 is 16.4 Å². The Kier molecular flexibility index (Phi) is 7.76. The number of carbonyl (C=O) groups excluding carboxylic acids is 1. The quantitative estimate of drug-likeness (QED) is 0.383. The number of amides is 1. The molecule has 3 heterocycles. The number of nitrogens with zero attached hydrogens (tertiary/aromatic N) is 2. The number of piperidine rings is 1. The van der Waals surface area contributed by atoms with Crippen LogP contribution in [0.4, 0.5) is 0 Å². The van der Waals surface area contributed by atoms with Crippen LogP contribution in [0.3, 0.4) is 0 Å². The number of rotatable bonds is 8. The van der Waals surface area contributed by atoms with Crippen LogP contribution in [0, 0.1) is 5.92 Å². The molecule has 37 heavy (non-hydrogen) atoms. The number of nitrogens with two attached hydrogens (primary N) is 1. The fourth-order valence-electron chi connectivity index (χ4n) is 5.18. The number of carbonyl (C=O) groups is 1. The van der Waals surface area contributed by atoms with Gasteiger partial charge in [-0.25, -0.2) is 8.51 Å². The maximum atomic E-state index is 12.6. The van der Waals surface area contributed by atoms with E-state index in [0.29, 0.717) is 17.6 Å². The van der Waals surface area contributed by atoms with E-state index in [-0.39, 0.29) is 17.1 Å². The van der Waals surface area contributed by atoms with Crippen LogP contribution in [0.25, 0.3) is 22.0 Å². The summed E-state index contributed by atoms with van der Waals surface area (Å²) in [5.41, 5.74) is 11.2. The number of benzene rings is 2. The fourth-order valence-corrected chi connectivity index (χ4v) is 6.48. The molecule has 9 heteroatoms. The lowest BCUT2D eigenvalue weighted by atomic mass is 10.0. The van der Waals surface area contributed by atoms with Gasteiger partial charge in [-0.15, -0.1) is 0 Å². The Hall–Kier alpha value is -2.59. The first-order valence-electron chi connectivity index (χ1n) is 13.0. The summed E-state index contributed by atoms with van der Waals surface area (Å²) in [5, 5.41) is 7.53. The summed E-state index contributed by atoms with van der Waals surface area (Å²) >= 11 is 5.23. The summed E-state index contributed by atoms with van der Waals surface area (Å²) in [6.07, 6.45) is 4.11. The molecule has 2 aliphatic rings. The highest BCUT2D eigenvalue weighted by Crippen LogP contribution is 2.36. The summed E-state index contributed by atoms with van der Waals surface area (Å²) in [5.74, 6) is 0.177. The monoisotopic (exact) mass is 537 g/mol. The van der Waals surface area contributed by atoms with Gasteiger partial charge in [-0.05, 0) is 49.9 Å². The summed E-state index contributed by atoms with van der Waals surface area (Å²) in [6.45, 7) is 7.66. The van der Waals surface area contributed by atoms with E-state index in [1.165, 1.54) is 0 Å². The van der Waals surface area contributed by atoms with E-state index >= 15 is 0 Å². The second kappa shape index (κ2) is 11.0. The minimum atomic E-state index is -0.944. The number of thiocarbonyl (C=S) groups is 1. The molecule has 5 rings (SSSR count). The van der Waals surface area contributed by atoms with Crippen molar-refractivity contribution in [2.45, 2.75) is 44.5 Å². The summed E-state index contributed by atoms with van der Waals surface area (Å²) in [6, 6.07) is 14.8. The Morgan fingerprint density at radius 3 is 2.59 bits per heavy atom. The van der Waals surface area contributed by atoms with Crippen molar-refractivity contribution in [1.29, 1.82) is 0 Å². The van der Waals surface area contributed by atoms with Gasteiger partial charge in [0.05, 0.1) is 16.9 Å². The second-order valence-electron chi connectivity index (χ2n) is 10.3. The van der Waals surface area contributed by atoms with Gasteiger partial charge < -0.3 is 20.9 Å². The number of nitrogens with one attached hydrogen (secondary N) is 2. The molecule has 0 spiro atoms. The molecule has 2 aromatic carbocycles. The largest absolute Gasteiger partial charge is 0.389 e. The average Bonchev–Trinajstić information content (AvgIpc) is 3.25. The first-order chi connectivity index (χ1) is 17.8. The number of hydrogen-bond acceptors (Lipinski definition) is 4. The van der Waals surface area contributed by atoms with Gasteiger partial charge in [0, 0.05) is 72.2 Å². The zero-order chi connectivity index (χ0) is 26.1. The highest BCUT2D eigenvalue weighted by molar-refractivity contribution is 7.83. The standard InChI is InChI=1S/C28H35N5O2S2/c1-18(2)37(35)32-10-8-23(9-11-32)33-17-25(20-4-3-5-21(13-20)27(29)36)24-7-6-19(12-26(24)33)14-31-28(34)22-15-30-16-22/h3-7,12-13,17-18,22-23,30H,8-11,14-16H2,1-2H3,(H2,29,36)(H,31,34). The van der Waals surface area contributed by atoms with Crippen molar-refractivity contribution < 1.29 is 9.00 Å². The second-order valence-corrected chi connectivity index (χ2v) is 12.8. The lowest BCUT2D eigenvalue weighted by Crippen LogP contribution is -2.50. The third kappa shape index (κ3) is 5.50. The van der Waals surface area contributed by atoms with Gasteiger partial charge >= 0.3 is 0 Å². The topological polar surface area (TPSA) is 92.4 Å². The van der Waals surface area contributed by atoms with Gasteiger partial charge in [0.15, 0.2) is 0 Å². The predicted octanol–water partition coefficient (Wildman–Crippen LogP) is 3.49. The zero-order valence-electron chi connectivity index (χ0n) is 21.4. The van der Waals surface area contributed by atoms with Crippen LogP contribution in [0.5, 0.6) is 0 Å². The normalized spacial score (nSPS) is 18.1. The van der Waals surface area contributed by atoms with Crippen molar-refractivity contribution in [2.75, 3.05) is 26.2 Å². The summed E-state index contributed by atoms with van der Waals surface area (Å²) < 4.78 is 17.1. The minimum absolute atomic E-state index is 0.0710. The van der Waals surface area contributed by atoms with E-state index < -0.39 is 11.0 Å². The van der Waals surface area contributed by atoms with Crippen LogP contribution in [0.15, 0.2) is 48.7 Å². The Labute approximate surface area is 226 Å². The lowest BCUT2D eigenvalue weighted by molar-refractivity contribution is -0.126. The van der Waals surface area contributed by atoms with Crippen molar-refractivity contribution in [3.63, 3.8) is 0 Å². The molecular weight excluding hydrogens is 502 g/mol. The van der Waals surface area contributed by atoms with Crippen molar-refractivity contribution in [1.82, 2.24) is 19.5 Å². The molecule has 2 fully saturated rings. The smallest absolute Gasteiger partial charge is 0.225 e. The van der Waals surface area contributed by atoms with Crippen LogP contribution in [-0.4, -0.2) is 55.4 Å². The maximum absolute atomic E-state index is 12.6. The molecule has 2 saturated heterocycles. The van der Waals surface area contributed by atoms with E-state index in [1.54, 1.807) is 0 Å². The first kappa shape index (κ1) is 26.0. The SMILES string of the molecule is CC(C)S(=O)N1CCC(n2cc(-c3cccc(C(N)=S)c3)c3ccc(CNC(=O)C4CNC4)cc32)CC1. The van der Waals surface area contributed by atoms with Gasteiger partial charge in [0.2, 0.25) is 5.91 Å². The predicted molar refractivity (Wildman–Crippen MR) is 155 cm³/mol. The van der Waals surface area contributed by atoms with E-state index in [4.69, 9.17) is 18.0 Å². The summed E-state index contributed by atoms with van der Waals surface area (Å²) in [4.78, 5) is 12.8. The van der Waals surface area contributed by atoms with E-state index in [1.807, 2.05) is 26.0 Å². The van der Waals surface area contributed by atoms with Crippen LogP contribution in [-0.2, 0) is 22.3 Å². The number of fused-ring (bicyclic) bond motifs is 1. The molecule has 1 atom stereocenters. The molecule has 2 aliphatic heterocycles. The van der Waals surface area contributed by atoms with Crippen LogP contribution in [0.2, 0.25) is 0 Å². The third-order valence-electron chi connectivity index (χ3n) is 7.45.